The first-order valence-electron chi connectivity index (χ1n) is 11.4. The van der Waals surface area contributed by atoms with Crippen LogP contribution in [-0.4, -0.2) is 77.4 Å². The van der Waals surface area contributed by atoms with Crippen molar-refractivity contribution in [2.24, 2.45) is 4.99 Å². The van der Waals surface area contributed by atoms with Crippen molar-refractivity contribution in [2.45, 2.75) is 51.8 Å². The Labute approximate surface area is 207 Å². The summed E-state index contributed by atoms with van der Waals surface area (Å²) in [5, 5.41) is 7.48. The fourth-order valence-electron chi connectivity index (χ4n) is 4.23. The third-order valence-corrected chi connectivity index (χ3v) is 5.87. The average Bonchev–Trinajstić information content (AvgIpc) is 3.42. The highest BCUT2D eigenvalue weighted by Gasteiger charge is 2.41. The van der Waals surface area contributed by atoms with Gasteiger partial charge in [0.25, 0.3) is 0 Å². The van der Waals surface area contributed by atoms with Gasteiger partial charge in [-0.15, -0.1) is 24.0 Å². The molecule has 0 saturated carbocycles. The first kappa shape index (κ1) is 24.9. The van der Waals surface area contributed by atoms with Gasteiger partial charge < -0.3 is 19.5 Å². The van der Waals surface area contributed by atoms with E-state index in [9.17, 15) is 0 Å². The Bertz CT molecular complexity index is 859. The van der Waals surface area contributed by atoms with E-state index in [1.54, 1.807) is 0 Å². The van der Waals surface area contributed by atoms with E-state index in [-0.39, 0.29) is 36.0 Å². The maximum atomic E-state index is 6.13. The van der Waals surface area contributed by atoms with Crippen molar-refractivity contribution in [1.29, 1.82) is 0 Å². The third-order valence-electron chi connectivity index (χ3n) is 5.87. The Hall–Kier alpha value is -1.72. The predicted octanol–water partition coefficient (Wildman–Crippen LogP) is 2.90. The monoisotopic (exact) mass is 554 g/mol. The van der Waals surface area contributed by atoms with Crippen LogP contribution in [0.4, 0.5) is 0 Å². The summed E-state index contributed by atoms with van der Waals surface area (Å²) in [4.78, 5) is 14.2. The summed E-state index contributed by atoms with van der Waals surface area (Å²) in [7, 11) is 0. The summed E-state index contributed by atoms with van der Waals surface area (Å²) in [5.41, 5.74) is 1.35. The molecule has 32 heavy (non-hydrogen) atoms. The van der Waals surface area contributed by atoms with E-state index in [2.05, 4.69) is 76.4 Å². The van der Waals surface area contributed by atoms with Crippen LogP contribution in [0.2, 0.25) is 0 Å². The lowest BCUT2D eigenvalue weighted by atomic mass is 10.1. The zero-order chi connectivity index (χ0) is 21.6. The van der Waals surface area contributed by atoms with E-state index in [1.165, 1.54) is 5.56 Å². The van der Waals surface area contributed by atoms with Crippen molar-refractivity contribution in [2.75, 3.05) is 39.3 Å². The number of aromatic nitrogens is 2. The molecule has 2 aliphatic heterocycles. The Morgan fingerprint density at radius 2 is 2.06 bits per heavy atom. The van der Waals surface area contributed by atoms with Gasteiger partial charge in [-0.05, 0) is 12.5 Å². The zero-order valence-corrected chi connectivity index (χ0v) is 21.6. The van der Waals surface area contributed by atoms with Gasteiger partial charge >= 0.3 is 0 Å². The molecule has 4 rings (SSSR count). The molecule has 0 amide bonds. The molecule has 8 nitrogen and oxygen atoms in total. The molecular formula is C23H35IN6O2. The maximum Gasteiger partial charge on any atom is 0.228 e. The quantitative estimate of drug-likeness (QED) is 0.321. The average molecular weight is 554 g/mol. The van der Waals surface area contributed by atoms with Crippen molar-refractivity contribution in [3.8, 4) is 0 Å². The number of fused-ring (bicyclic) bond motifs is 1. The molecule has 9 heteroatoms. The molecule has 0 aliphatic carbocycles. The second-order valence-electron chi connectivity index (χ2n) is 8.52. The first-order valence-corrected chi connectivity index (χ1v) is 11.4. The molecule has 176 valence electrons. The summed E-state index contributed by atoms with van der Waals surface area (Å²) in [5.74, 6) is 2.61. The van der Waals surface area contributed by atoms with E-state index in [0.29, 0.717) is 24.9 Å². The number of rotatable bonds is 7. The lowest BCUT2D eigenvalue weighted by Crippen LogP contribution is -2.50. The minimum atomic E-state index is 0. The van der Waals surface area contributed by atoms with Gasteiger partial charge in [0.15, 0.2) is 11.8 Å². The smallest absolute Gasteiger partial charge is 0.228 e. The lowest BCUT2D eigenvalue weighted by Gasteiger charge is -2.36. The van der Waals surface area contributed by atoms with Gasteiger partial charge in [0, 0.05) is 45.1 Å². The standard InChI is InChI=1S/C23H34N6O2.HI/c1-4-24-23(25-11-10-21-26-22(17(2)3)27-31-21)29-15-19-20(16-29)30-13-12-28(19)14-18-8-6-5-7-9-18;/h5-9,17,19-20H,4,10-16H2,1-3H3,(H,24,25);1H. The molecule has 2 unspecified atom stereocenters. The van der Waals surface area contributed by atoms with Gasteiger partial charge in [0.05, 0.1) is 25.3 Å². The van der Waals surface area contributed by atoms with Gasteiger partial charge in [-0.25, -0.2) is 0 Å². The van der Waals surface area contributed by atoms with Crippen LogP contribution < -0.4 is 5.32 Å². The van der Waals surface area contributed by atoms with Crippen LogP contribution in [0.1, 0.15) is 44.0 Å². The van der Waals surface area contributed by atoms with Crippen molar-refractivity contribution in [3.63, 3.8) is 0 Å². The molecule has 1 N–H and O–H groups in total. The number of nitrogens with zero attached hydrogens (tertiary/aromatic N) is 5. The fraction of sp³-hybridized carbons (Fsp3) is 0.609. The van der Waals surface area contributed by atoms with Crippen LogP contribution in [0.3, 0.4) is 0 Å². The molecule has 0 radical (unpaired) electrons. The molecular weight excluding hydrogens is 519 g/mol. The molecule has 2 aromatic rings. The number of ether oxygens (including phenoxy) is 1. The van der Waals surface area contributed by atoms with Gasteiger partial charge in [0.2, 0.25) is 5.89 Å². The van der Waals surface area contributed by atoms with Crippen LogP contribution >= 0.6 is 24.0 Å². The predicted molar refractivity (Wildman–Crippen MR) is 135 cm³/mol. The second-order valence-corrected chi connectivity index (χ2v) is 8.52. The SMILES string of the molecule is CCNC(=NCCc1nc(C(C)C)no1)N1CC2OCCN(Cc3ccccc3)C2C1.I. The summed E-state index contributed by atoms with van der Waals surface area (Å²) in [6.07, 6.45) is 0.859. The van der Waals surface area contributed by atoms with Gasteiger partial charge in [0.1, 0.15) is 0 Å². The molecule has 3 heterocycles. The number of benzene rings is 1. The molecule has 2 fully saturated rings. The number of halogens is 1. The third kappa shape index (κ3) is 6.20. The minimum Gasteiger partial charge on any atom is -0.373 e. The lowest BCUT2D eigenvalue weighted by molar-refractivity contribution is -0.0502. The molecule has 2 aliphatic rings. The number of guanidine groups is 1. The van der Waals surface area contributed by atoms with Crippen LogP contribution in [0, 0.1) is 0 Å². The normalized spacial score (nSPS) is 21.5. The topological polar surface area (TPSA) is 79.0 Å². The zero-order valence-electron chi connectivity index (χ0n) is 19.2. The van der Waals surface area contributed by atoms with Crippen molar-refractivity contribution in [1.82, 2.24) is 25.3 Å². The molecule has 2 atom stereocenters. The minimum absolute atomic E-state index is 0. The van der Waals surface area contributed by atoms with E-state index >= 15 is 0 Å². The Kier molecular flexibility index (Phi) is 9.30. The van der Waals surface area contributed by atoms with Crippen molar-refractivity contribution in [3.05, 3.63) is 47.6 Å². The van der Waals surface area contributed by atoms with E-state index in [0.717, 1.165) is 51.1 Å². The Morgan fingerprint density at radius 3 is 2.78 bits per heavy atom. The number of likely N-dealkylation sites (tertiary alicyclic amines) is 1. The van der Waals surface area contributed by atoms with Crippen molar-refractivity contribution >= 4 is 29.9 Å². The number of hydrogen-bond acceptors (Lipinski definition) is 6. The molecule has 1 aromatic carbocycles. The highest BCUT2D eigenvalue weighted by atomic mass is 127. The van der Waals surface area contributed by atoms with Crippen LogP contribution in [0.5, 0.6) is 0 Å². The maximum absolute atomic E-state index is 6.13. The van der Waals surface area contributed by atoms with E-state index in [1.807, 2.05) is 0 Å². The van der Waals surface area contributed by atoms with Crippen LogP contribution in [0.15, 0.2) is 39.8 Å². The van der Waals surface area contributed by atoms with Gasteiger partial charge in [-0.2, -0.15) is 4.98 Å². The van der Waals surface area contributed by atoms with Gasteiger partial charge in [-0.1, -0.05) is 49.3 Å². The van der Waals surface area contributed by atoms with Crippen molar-refractivity contribution < 1.29 is 9.26 Å². The molecule has 2 saturated heterocycles. The summed E-state index contributed by atoms with van der Waals surface area (Å²) in [6, 6.07) is 11.1. The number of aliphatic imine (C=N–C) groups is 1. The molecule has 0 bridgehead atoms. The number of nitrogens with one attached hydrogen (secondary N) is 1. The highest BCUT2D eigenvalue weighted by Crippen LogP contribution is 2.24. The first-order chi connectivity index (χ1) is 15.1. The Morgan fingerprint density at radius 1 is 1.25 bits per heavy atom. The molecule has 1 aromatic heterocycles. The van der Waals surface area contributed by atoms with Crippen LogP contribution in [0.25, 0.3) is 0 Å². The number of morpholine rings is 1. The van der Waals surface area contributed by atoms with Crippen LogP contribution in [-0.2, 0) is 17.7 Å². The molecule has 0 spiro atoms. The van der Waals surface area contributed by atoms with E-state index < -0.39 is 0 Å². The number of hydrogen-bond donors (Lipinski definition) is 1. The van der Waals surface area contributed by atoms with Gasteiger partial charge in [-0.3, -0.25) is 9.89 Å². The summed E-state index contributed by atoms with van der Waals surface area (Å²) >= 11 is 0. The van der Waals surface area contributed by atoms with E-state index in [4.69, 9.17) is 14.3 Å². The largest absolute Gasteiger partial charge is 0.373 e. The summed E-state index contributed by atoms with van der Waals surface area (Å²) in [6.45, 7) is 12.2. The fourth-order valence-corrected chi connectivity index (χ4v) is 4.23. The highest BCUT2D eigenvalue weighted by molar-refractivity contribution is 14.0. The Balaban J connectivity index is 0.00000289. The second kappa shape index (κ2) is 11.9. The summed E-state index contributed by atoms with van der Waals surface area (Å²) < 4.78 is 11.5.